The van der Waals surface area contributed by atoms with Gasteiger partial charge in [0.05, 0.1) is 0 Å². The second-order valence-corrected chi connectivity index (χ2v) is 50.0. The maximum absolute atomic E-state index is 12.0. The number of carbonyl (C=O) groups is 6. The Labute approximate surface area is 852 Å². The molecule has 10 fully saturated rings. The lowest BCUT2D eigenvalue weighted by Gasteiger charge is -2.48. The van der Waals surface area contributed by atoms with Crippen molar-refractivity contribution in [3.05, 3.63) is 97.7 Å². The summed E-state index contributed by atoms with van der Waals surface area (Å²) in [4.78, 5) is 69.6. The fourth-order valence-corrected chi connectivity index (χ4v) is 21.3. The third-order valence-electron chi connectivity index (χ3n) is 27.9. The fourth-order valence-electron chi connectivity index (χ4n) is 21.3. The Morgan fingerprint density at radius 1 is 0.232 bits per heavy atom. The molecule has 0 aromatic rings. The summed E-state index contributed by atoms with van der Waals surface area (Å²) in [6, 6.07) is 2.39. The summed E-state index contributed by atoms with van der Waals surface area (Å²) in [5.41, 5.74) is 4.58. The predicted octanol–water partition coefficient (Wildman–Crippen LogP) is 28.7. The Morgan fingerprint density at radius 3 is 0.826 bits per heavy atom. The highest BCUT2D eigenvalue weighted by Gasteiger charge is 2.43. The first-order chi connectivity index (χ1) is 65.0. The van der Waals surface area contributed by atoms with E-state index in [-0.39, 0.29) is 47.5 Å². The van der Waals surface area contributed by atoms with Crippen LogP contribution in [0.4, 0.5) is 0 Å². The second kappa shape index (κ2) is 73.1. The number of carbonyl (C=O) groups excluding carboxylic acids is 6. The molecule has 0 radical (unpaired) electrons. The molecule has 0 aliphatic heterocycles. The number of hydrogen-bond acceptors (Lipinski definition) is 10. The fraction of sp³-hybridized carbons (Fsp3) is 0.820. The highest BCUT2D eigenvalue weighted by atomic mass is 16.2. The van der Waals surface area contributed by atoms with Gasteiger partial charge in [-0.1, -0.05) is 282 Å². The van der Waals surface area contributed by atoms with Crippen molar-refractivity contribution >= 4 is 35.4 Å². The van der Waals surface area contributed by atoms with Crippen LogP contribution in [0, 0.1) is 142 Å². The molecule has 16 nitrogen and oxygen atoms in total. The van der Waals surface area contributed by atoms with Gasteiger partial charge in [-0.25, -0.2) is 0 Å². The van der Waals surface area contributed by atoms with Crippen molar-refractivity contribution in [1.82, 2.24) is 53.2 Å². The number of fused-ring (bicyclic) bond motifs is 9. The summed E-state index contributed by atoms with van der Waals surface area (Å²) in [5, 5.41) is 32.2. The third-order valence-corrected chi connectivity index (χ3v) is 27.9. The summed E-state index contributed by atoms with van der Waals surface area (Å²) in [5.74, 6) is 18.2. The number of nitrogens with one attached hydrogen (secondary N) is 10. The SMILES string of the molecule is C=C(CC(C)C)NC1CC2CCC1CC2NC(=O)CC(C)C.C=C(CC(C)C)NC1CCC(NC(=O)CC(C)C)CC1.C=C(CC(C)C)NCCCCCNC(=O)CC(C)C.C=C(CC(C)C)NCCCNC(=O)CC(C)C.CC(C)C/C=C/C1CC2CCC(C1)CC(/C=C/CC(C)C)C2.CC(C)C/C=C/C1CC2CCC1CC2/C=C/CC(C)C.CC(C)CC(=O)NC1CC(NC(=O)CC(C)C)C1. The van der Waals surface area contributed by atoms with Crippen LogP contribution in [-0.2, 0) is 28.8 Å². The summed E-state index contributed by atoms with van der Waals surface area (Å²) in [6.07, 6.45) is 63.0. The summed E-state index contributed by atoms with van der Waals surface area (Å²) in [6.45, 7) is 80.7. The van der Waals surface area contributed by atoms with E-state index in [0.29, 0.717) is 134 Å². The monoisotopic (exact) mass is 1930 g/mol. The molecule has 0 aromatic heterocycles. The average molecular weight is 1930 g/mol. The highest BCUT2D eigenvalue weighted by Crippen LogP contribution is 2.50. The van der Waals surface area contributed by atoms with Crippen molar-refractivity contribution in [1.29, 1.82) is 0 Å². The Kier molecular flexibility index (Phi) is 67.8. The molecule has 10 rings (SSSR count). The van der Waals surface area contributed by atoms with Gasteiger partial charge < -0.3 is 53.2 Å². The van der Waals surface area contributed by atoms with E-state index in [9.17, 15) is 28.8 Å². The molecule has 10 N–H and O–H groups in total. The lowest BCUT2D eigenvalue weighted by atomic mass is 9.59. The lowest BCUT2D eigenvalue weighted by molar-refractivity contribution is -0.125. The number of allylic oxidation sites excluding steroid dienone is 12. The van der Waals surface area contributed by atoms with Crippen LogP contribution in [0.5, 0.6) is 0 Å². The molecule has 6 bridgehead atoms. The van der Waals surface area contributed by atoms with Gasteiger partial charge in [0, 0.05) is 124 Å². The topological polar surface area (TPSA) is 223 Å². The summed E-state index contributed by atoms with van der Waals surface area (Å²) in [7, 11) is 0. The zero-order valence-electron chi connectivity index (χ0n) is 94.9. The largest absolute Gasteiger partial charge is 0.389 e. The van der Waals surface area contributed by atoms with Crippen LogP contribution in [0.3, 0.4) is 0 Å². The van der Waals surface area contributed by atoms with Crippen LogP contribution < -0.4 is 53.2 Å². The summed E-state index contributed by atoms with van der Waals surface area (Å²) >= 11 is 0. The zero-order valence-corrected chi connectivity index (χ0v) is 94.9. The molecule has 16 heteroatoms. The van der Waals surface area contributed by atoms with Crippen molar-refractivity contribution < 1.29 is 28.8 Å². The molecule has 0 spiro atoms. The molecule has 10 saturated carbocycles. The minimum atomic E-state index is 0.127. The second-order valence-electron chi connectivity index (χ2n) is 50.0. The maximum Gasteiger partial charge on any atom is 0.220 e. The van der Waals surface area contributed by atoms with Crippen LogP contribution in [0.15, 0.2) is 97.7 Å². The van der Waals surface area contributed by atoms with E-state index >= 15 is 0 Å². The Hall–Kier alpha value is -6.06. The van der Waals surface area contributed by atoms with Gasteiger partial charge in [-0.05, 0) is 335 Å². The number of hydrogen-bond donors (Lipinski definition) is 10. The van der Waals surface area contributed by atoms with Gasteiger partial charge >= 0.3 is 0 Å². The smallest absolute Gasteiger partial charge is 0.220 e. The predicted molar refractivity (Wildman–Crippen MR) is 595 cm³/mol. The number of rotatable bonds is 52. The van der Waals surface area contributed by atoms with Crippen LogP contribution in [0.2, 0.25) is 0 Å². The minimum absolute atomic E-state index is 0.127. The molecule has 10 aliphatic carbocycles. The molecule has 10 aliphatic rings. The van der Waals surface area contributed by atoms with E-state index in [4.69, 9.17) is 0 Å². The van der Waals surface area contributed by atoms with E-state index in [1.165, 1.54) is 115 Å². The Morgan fingerprint density at radius 2 is 0.500 bits per heavy atom. The van der Waals surface area contributed by atoms with Crippen LogP contribution >= 0.6 is 0 Å². The van der Waals surface area contributed by atoms with Crippen molar-refractivity contribution in [3.63, 3.8) is 0 Å². The third kappa shape index (κ3) is 66.0. The van der Waals surface area contributed by atoms with Gasteiger partial charge in [0.2, 0.25) is 35.4 Å². The molecule has 8 atom stereocenters. The molecular formula is C122H224N10O6. The highest BCUT2D eigenvalue weighted by molar-refractivity contribution is 5.79. The van der Waals surface area contributed by atoms with Gasteiger partial charge in [0.25, 0.3) is 0 Å². The minimum Gasteiger partial charge on any atom is -0.389 e. The standard InChI is InChI=1S/C22H38.C20H34.C19H34N2O.C17H32N2O.C16H32N2O.C14H26N2O2.C14H28N2O/c1-17(2)7-5-9-19-13-21-11-12-22(14-19)16-20(15-21)10-6-8-18(3)4;1-15(2)7-5-9-17-13-20-12-11-19(17)14-18(20)10-6-8-16(3)4;1-12(2)8-14(5)20-17-10-16-7-6-15(17)11-18(16)21-19(22)9-13(3)4;1-12(2)10-14(5)18-15-6-8-16(9-7-15)19-17(20)11-13(3)4;1-13(2)11-15(5)17-9-7-6-8-10-18-16(19)12-14(3)4;1-9(2)5-13(17)15-11-7-12(8-11)16-14(18)6-10(3)4;1-11(2)9-13(5)15-7-6-8-16-14(17)10-12(3)4/h5-6,9-10,17-22H,7-8,11-16H2,1-4H3;5-6,9-10,15-20H,7-8,11-14H2,1-4H3;12-13,15-18,20H,5-11H2,1-4H3,(H,21,22);12-13,15-16,18H,5-11H2,1-4H3,(H,19,20);13-14,17H,5-12H2,1-4H3,(H,18,19);9-12H,5-8H2,1-4H3,(H,15,17)(H,16,18);11-12,15H,5-10H2,1-4H3,(H,16,17)/b2*9-5+,10-6+;;;;;. The Bertz CT molecular complexity index is 3220. The van der Waals surface area contributed by atoms with E-state index in [1.807, 2.05) is 27.7 Å². The molecular weight excluding hydrogens is 1700 g/mol. The molecule has 0 saturated heterocycles. The first-order valence-electron chi connectivity index (χ1n) is 57.1. The maximum atomic E-state index is 12.0. The quantitative estimate of drug-likeness (QED) is 0.0205. The van der Waals surface area contributed by atoms with Crippen molar-refractivity contribution in [2.45, 2.75) is 474 Å². The Balaban J connectivity index is 0.000000546. The van der Waals surface area contributed by atoms with Crippen molar-refractivity contribution in [2.75, 3.05) is 26.2 Å². The molecule has 0 aromatic carbocycles. The summed E-state index contributed by atoms with van der Waals surface area (Å²) < 4.78 is 0. The van der Waals surface area contributed by atoms with Gasteiger partial charge in [-0.3, -0.25) is 28.8 Å². The molecule has 798 valence electrons. The lowest BCUT2D eigenvalue weighted by Crippen LogP contribution is -2.55. The number of unbranched alkanes of at least 4 members (excludes halogenated alkanes) is 2. The van der Waals surface area contributed by atoms with E-state index in [0.717, 1.165) is 211 Å². The first kappa shape index (κ1) is 128. The van der Waals surface area contributed by atoms with Crippen LogP contribution in [0.1, 0.15) is 438 Å². The van der Waals surface area contributed by atoms with E-state index in [2.05, 4.69) is 294 Å². The van der Waals surface area contributed by atoms with E-state index in [1.54, 1.807) is 0 Å². The zero-order chi connectivity index (χ0) is 104. The van der Waals surface area contributed by atoms with Crippen molar-refractivity contribution in [3.8, 4) is 0 Å². The molecule has 138 heavy (non-hydrogen) atoms. The average Bonchev–Trinajstić information content (AvgIpc) is 0.906. The van der Waals surface area contributed by atoms with Gasteiger partial charge in [0.1, 0.15) is 0 Å². The molecule has 0 heterocycles. The first-order valence-corrected chi connectivity index (χ1v) is 57.1. The number of amides is 6. The molecule has 6 amide bonds. The van der Waals surface area contributed by atoms with Crippen molar-refractivity contribution in [2.24, 2.45) is 142 Å². The van der Waals surface area contributed by atoms with Crippen LogP contribution in [0.25, 0.3) is 0 Å². The molecule has 8 unspecified atom stereocenters. The van der Waals surface area contributed by atoms with Gasteiger partial charge in [0.15, 0.2) is 0 Å². The van der Waals surface area contributed by atoms with Gasteiger partial charge in [-0.2, -0.15) is 0 Å². The van der Waals surface area contributed by atoms with Gasteiger partial charge in [-0.15, -0.1) is 0 Å². The normalized spacial score (nSPS) is 24.2. The van der Waals surface area contributed by atoms with E-state index < -0.39 is 0 Å². The van der Waals surface area contributed by atoms with Crippen LogP contribution in [-0.4, -0.2) is 97.9 Å².